The number of carbonyl (C=O) groups is 1. The second kappa shape index (κ2) is 8.34. The van der Waals surface area contributed by atoms with E-state index in [9.17, 15) is 4.79 Å². The molecule has 0 atom stereocenters. The summed E-state index contributed by atoms with van der Waals surface area (Å²) in [5.41, 5.74) is 0.301. The van der Waals surface area contributed by atoms with E-state index in [0.717, 1.165) is 24.7 Å². The molecular weight excluding hydrogens is 322 g/mol. The van der Waals surface area contributed by atoms with Crippen LogP contribution in [-0.4, -0.2) is 65.2 Å². The topological polar surface area (TPSA) is 105 Å². The summed E-state index contributed by atoms with van der Waals surface area (Å²) in [6, 6.07) is 1.92. The molecule has 25 heavy (non-hydrogen) atoms. The first-order valence-electron chi connectivity index (χ1n) is 8.19. The molecule has 1 amide bonds. The van der Waals surface area contributed by atoms with Gasteiger partial charge in [-0.15, -0.1) is 0 Å². The minimum atomic E-state index is -0.247. The maximum Gasteiger partial charge on any atom is 0.271 e. The van der Waals surface area contributed by atoms with Gasteiger partial charge in [-0.2, -0.15) is 0 Å². The average molecular weight is 343 g/mol. The molecule has 2 aromatic rings. The van der Waals surface area contributed by atoms with Crippen LogP contribution in [0, 0.1) is 6.92 Å². The Bertz CT molecular complexity index is 705. The normalized spacial score (nSPS) is 14.2. The Morgan fingerprint density at radius 1 is 1.24 bits per heavy atom. The summed E-state index contributed by atoms with van der Waals surface area (Å²) in [4.78, 5) is 30.8. The Labute approximate surface area is 145 Å². The molecule has 0 unspecified atom stereocenters. The number of aromatic nitrogens is 4. The molecule has 0 saturated carbocycles. The minimum Gasteiger partial charge on any atom is -0.378 e. The van der Waals surface area contributed by atoms with Gasteiger partial charge < -0.3 is 20.3 Å². The maximum absolute atomic E-state index is 11.9. The molecule has 0 aliphatic carbocycles. The average Bonchev–Trinajstić information content (AvgIpc) is 2.66. The molecule has 1 aliphatic rings. The molecule has 1 fully saturated rings. The molecule has 0 spiro atoms. The Kier molecular flexibility index (Phi) is 5.68. The number of carbonyl (C=O) groups excluding carboxylic acids is 1. The Morgan fingerprint density at radius 3 is 2.84 bits per heavy atom. The first kappa shape index (κ1) is 17.0. The van der Waals surface area contributed by atoms with E-state index >= 15 is 0 Å². The number of rotatable bonds is 6. The van der Waals surface area contributed by atoms with Crippen LogP contribution in [0.4, 0.5) is 11.6 Å². The Balaban J connectivity index is 1.51. The Hall–Kier alpha value is -2.81. The van der Waals surface area contributed by atoms with Crippen LogP contribution >= 0.6 is 0 Å². The highest BCUT2D eigenvalue weighted by molar-refractivity contribution is 5.91. The molecule has 0 aromatic carbocycles. The lowest BCUT2D eigenvalue weighted by Crippen LogP contribution is -2.37. The van der Waals surface area contributed by atoms with E-state index in [1.165, 1.54) is 18.6 Å². The molecule has 1 saturated heterocycles. The van der Waals surface area contributed by atoms with E-state index in [2.05, 4.69) is 35.5 Å². The van der Waals surface area contributed by atoms with Gasteiger partial charge in [-0.3, -0.25) is 9.78 Å². The van der Waals surface area contributed by atoms with Crippen LogP contribution in [0.3, 0.4) is 0 Å². The maximum atomic E-state index is 11.9. The second-order valence-corrected chi connectivity index (χ2v) is 5.53. The molecule has 2 N–H and O–H groups in total. The highest BCUT2D eigenvalue weighted by Gasteiger charge is 2.14. The standard InChI is InChI=1S/C16H21N7O2/c1-12-21-14(10-15(22-12)23-6-8-25-9-7-23)19-4-5-20-16(24)13-11-17-2-3-18-13/h2-3,10-11H,4-9H2,1H3,(H,20,24)(H,19,21,22). The van der Waals surface area contributed by atoms with Crippen LogP contribution in [0.25, 0.3) is 0 Å². The molecule has 0 bridgehead atoms. The van der Waals surface area contributed by atoms with Crippen molar-refractivity contribution in [2.75, 3.05) is 49.6 Å². The minimum absolute atomic E-state index is 0.247. The van der Waals surface area contributed by atoms with Crippen molar-refractivity contribution >= 4 is 17.5 Å². The lowest BCUT2D eigenvalue weighted by Gasteiger charge is -2.28. The van der Waals surface area contributed by atoms with E-state index in [4.69, 9.17) is 4.74 Å². The number of amides is 1. The van der Waals surface area contributed by atoms with Crippen molar-refractivity contribution in [3.05, 3.63) is 36.2 Å². The number of hydrogen-bond acceptors (Lipinski definition) is 8. The number of anilines is 2. The fraction of sp³-hybridized carbons (Fsp3) is 0.438. The molecular formula is C16H21N7O2. The van der Waals surface area contributed by atoms with E-state index in [1.807, 2.05) is 13.0 Å². The van der Waals surface area contributed by atoms with Gasteiger partial charge in [0.2, 0.25) is 0 Å². The summed E-state index contributed by atoms with van der Waals surface area (Å²) < 4.78 is 5.37. The van der Waals surface area contributed by atoms with Crippen LogP contribution in [0.15, 0.2) is 24.7 Å². The van der Waals surface area contributed by atoms with Crippen LogP contribution in [0.5, 0.6) is 0 Å². The largest absolute Gasteiger partial charge is 0.378 e. The third-order valence-corrected chi connectivity index (χ3v) is 3.67. The third-order valence-electron chi connectivity index (χ3n) is 3.67. The van der Waals surface area contributed by atoms with E-state index in [0.29, 0.717) is 37.8 Å². The molecule has 3 heterocycles. The van der Waals surface area contributed by atoms with Crippen molar-refractivity contribution in [1.29, 1.82) is 0 Å². The molecule has 0 radical (unpaired) electrons. The summed E-state index contributed by atoms with van der Waals surface area (Å²) in [6.07, 6.45) is 4.46. The van der Waals surface area contributed by atoms with Crippen LogP contribution in [0.1, 0.15) is 16.3 Å². The zero-order chi connectivity index (χ0) is 17.5. The zero-order valence-corrected chi connectivity index (χ0v) is 14.1. The van der Waals surface area contributed by atoms with Crippen molar-refractivity contribution in [3.8, 4) is 0 Å². The van der Waals surface area contributed by atoms with Crippen molar-refractivity contribution in [2.45, 2.75) is 6.92 Å². The molecule has 132 valence electrons. The van der Waals surface area contributed by atoms with Gasteiger partial charge in [0.15, 0.2) is 0 Å². The van der Waals surface area contributed by atoms with Gasteiger partial charge in [-0.05, 0) is 6.92 Å². The number of nitrogens with zero attached hydrogens (tertiary/aromatic N) is 5. The first-order chi connectivity index (χ1) is 12.2. The highest BCUT2D eigenvalue weighted by Crippen LogP contribution is 2.16. The van der Waals surface area contributed by atoms with Gasteiger partial charge in [-0.1, -0.05) is 0 Å². The van der Waals surface area contributed by atoms with E-state index in [-0.39, 0.29) is 5.91 Å². The lowest BCUT2D eigenvalue weighted by molar-refractivity contribution is 0.0949. The Morgan fingerprint density at radius 2 is 2.08 bits per heavy atom. The van der Waals surface area contributed by atoms with E-state index in [1.54, 1.807) is 0 Å². The van der Waals surface area contributed by atoms with E-state index < -0.39 is 0 Å². The van der Waals surface area contributed by atoms with Gasteiger partial charge in [-0.25, -0.2) is 15.0 Å². The highest BCUT2D eigenvalue weighted by atomic mass is 16.5. The number of morpholine rings is 1. The van der Waals surface area contributed by atoms with Gasteiger partial charge in [0, 0.05) is 44.6 Å². The summed E-state index contributed by atoms with van der Waals surface area (Å²) >= 11 is 0. The summed E-state index contributed by atoms with van der Waals surface area (Å²) in [5.74, 6) is 2.09. The lowest BCUT2D eigenvalue weighted by atomic mass is 10.3. The molecule has 9 nitrogen and oxygen atoms in total. The van der Waals surface area contributed by atoms with Gasteiger partial charge >= 0.3 is 0 Å². The SMILES string of the molecule is Cc1nc(NCCNC(=O)c2cnccn2)cc(N2CCOCC2)n1. The second-order valence-electron chi connectivity index (χ2n) is 5.53. The number of nitrogens with one attached hydrogen (secondary N) is 2. The fourth-order valence-electron chi connectivity index (χ4n) is 2.47. The summed E-state index contributed by atoms with van der Waals surface area (Å²) in [6.45, 7) is 5.93. The molecule has 2 aromatic heterocycles. The summed E-state index contributed by atoms with van der Waals surface area (Å²) in [7, 11) is 0. The molecule has 1 aliphatic heterocycles. The fourth-order valence-corrected chi connectivity index (χ4v) is 2.47. The van der Waals surface area contributed by atoms with Crippen molar-refractivity contribution < 1.29 is 9.53 Å². The van der Waals surface area contributed by atoms with Crippen molar-refractivity contribution in [1.82, 2.24) is 25.3 Å². The zero-order valence-electron chi connectivity index (χ0n) is 14.1. The van der Waals surface area contributed by atoms with Gasteiger partial charge in [0.25, 0.3) is 5.91 Å². The predicted molar refractivity (Wildman–Crippen MR) is 92.7 cm³/mol. The van der Waals surface area contributed by atoms with Crippen LogP contribution in [-0.2, 0) is 4.74 Å². The van der Waals surface area contributed by atoms with Gasteiger partial charge in [0.1, 0.15) is 23.2 Å². The number of aryl methyl sites for hydroxylation is 1. The van der Waals surface area contributed by atoms with Gasteiger partial charge in [0.05, 0.1) is 19.4 Å². The smallest absolute Gasteiger partial charge is 0.271 e. The van der Waals surface area contributed by atoms with Crippen LogP contribution < -0.4 is 15.5 Å². The summed E-state index contributed by atoms with van der Waals surface area (Å²) in [5, 5.41) is 6.00. The van der Waals surface area contributed by atoms with Crippen LogP contribution in [0.2, 0.25) is 0 Å². The monoisotopic (exact) mass is 343 g/mol. The quantitative estimate of drug-likeness (QED) is 0.719. The molecule has 9 heteroatoms. The number of ether oxygens (including phenoxy) is 1. The number of hydrogen-bond donors (Lipinski definition) is 2. The van der Waals surface area contributed by atoms with Crippen molar-refractivity contribution in [3.63, 3.8) is 0 Å². The third kappa shape index (κ3) is 4.83. The molecule has 3 rings (SSSR count). The predicted octanol–water partition coefficient (Wildman–Crippen LogP) is 0.254. The first-order valence-corrected chi connectivity index (χ1v) is 8.19. The van der Waals surface area contributed by atoms with Crippen molar-refractivity contribution in [2.24, 2.45) is 0 Å².